The number of aldehydes is 1. The van der Waals surface area contributed by atoms with Crippen molar-refractivity contribution >= 4 is 29.2 Å². The Bertz CT molecular complexity index is 799. The molecule has 0 unspecified atom stereocenters. The van der Waals surface area contributed by atoms with Crippen LogP contribution in [0.1, 0.15) is 21.5 Å². The molecule has 1 aromatic carbocycles. The fraction of sp³-hybridized carbons (Fsp3) is 0.125. The minimum Gasteiger partial charge on any atom is -0.298 e. The van der Waals surface area contributed by atoms with Crippen LogP contribution in [0.25, 0.3) is 16.9 Å². The Morgan fingerprint density at radius 3 is 2.48 bits per heavy atom. The second-order valence-electron chi connectivity index (χ2n) is 4.98. The van der Waals surface area contributed by atoms with Crippen molar-refractivity contribution in [2.75, 3.05) is 0 Å². The summed E-state index contributed by atoms with van der Waals surface area (Å²) >= 11 is 7.40. The molecule has 21 heavy (non-hydrogen) atoms. The van der Waals surface area contributed by atoms with Gasteiger partial charge in [0.05, 0.1) is 15.6 Å². The van der Waals surface area contributed by atoms with Gasteiger partial charge < -0.3 is 0 Å². The first-order chi connectivity index (χ1) is 10.1. The van der Waals surface area contributed by atoms with Gasteiger partial charge in [0.15, 0.2) is 6.29 Å². The van der Waals surface area contributed by atoms with Gasteiger partial charge in [-0.1, -0.05) is 17.7 Å². The zero-order chi connectivity index (χ0) is 15.0. The molecule has 0 saturated carbocycles. The summed E-state index contributed by atoms with van der Waals surface area (Å²) in [7, 11) is 0. The van der Waals surface area contributed by atoms with Crippen LogP contribution in [0.2, 0.25) is 4.34 Å². The van der Waals surface area contributed by atoms with Gasteiger partial charge in [-0.25, -0.2) is 4.68 Å². The molecule has 0 aliphatic carbocycles. The molecule has 3 aromatic rings. The number of thiophene rings is 1. The number of aromatic nitrogens is 2. The summed E-state index contributed by atoms with van der Waals surface area (Å²) in [4.78, 5) is 11.3. The highest BCUT2D eigenvalue weighted by molar-refractivity contribution is 7.14. The number of hydrogen-bond acceptors (Lipinski definition) is 3. The van der Waals surface area contributed by atoms with Crippen molar-refractivity contribution in [1.82, 2.24) is 9.78 Å². The fourth-order valence-electron chi connectivity index (χ4n) is 2.35. The Morgan fingerprint density at radius 2 is 1.90 bits per heavy atom. The Morgan fingerprint density at radius 1 is 1.19 bits per heavy atom. The van der Waals surface area contributed by atoms with Gasteiger partial charge in [-0.05, 0) is 43.2 Å². The molecule has 0 bridgehead atoms. The Balaban J connectivity index is 2.13. The summed E-state index contributed by atoms with van der Waals surface area (Å²) in [5, 5.41) is 6.46. The second-order valence-corrected chi connectivity index (χ2v) is 6.52. The summed E-state index contributed by atoms with van der Waals surface area (Å²) < 4.78 is 2.42. The van der Waals surface area contributed by atoms with Crippen molar-refractivity contribution in [2.24, 2.45) is 0 Å². The van der Waals surface area contributed by atoms with E-state index in [1.807, 2.05) is 37.4 Å². The number of rotatable bonds is 3. The van der Waals surface area contributed by atoms with Crippen molar-refractivity contribution in [3.63, 3.8) is 0 Å². The van der Waals surface area contributed by atoms with Crippen LogP contribution in [-0.2, 0) is 0 Å². The van der Waals surface area contributed by atoms with Crippen LogP contribution < -0.4 is 0 Å². The van der Waals surface area contributed by atoms with Gasteiger partial charge in [-0.2, -0.15) is 5.10 Å². The molecule has 2 aromatic heterocycles. The number of halogens is 1. The highest BCUT2D eigenvalue weighted by Crippen LogP contribution is 2.30. The summed E-state index contributed by atoms with van der Waals surface area (Å²) in [5.41, 5.74) is 5.36. The molecule has 3 nitrogen and oxygen atoms in total. The average Bonchev–Trinajstić information content (AvgIpc) is 3.03. The molecule has 0 saturated heterocycles. The molecule has 0 atom stereocenters. The normalized spacial score (nSPS) is 10.8. The highest BCUT2D eigenvalue weighted by atomic mass is 35.5. The molecule has 0 radical (unpaired) electrons. The lowest BCUT2D eigenvalue weighted by molar-refractivity contribution is 0.112. The van der Waals surface area contributed by atoms with Crippen LogP contribution >= 0.6 is 22.9 Å². The molecule has 0 aliphatic rings. The topological polar surface area (TPSA) is 34.9 Å². The van der Waals surface area contributed by atoms with Crippen molar-refractivity contribution < 1.29 is 4.79 Å². The average molecular weight is 317 g/mol. The SMILES string of the molecule is Cc1cc(C)cc(-n2cc(C=O)c(-c3csc(Cl)c3)n2)c1. The first-order valence-electron chi connectivity index (χ1n) is 6.45. The Kier molecular flexibility index (Phi) is 3.66. The quantitative estimate of drug-likeness (QED) is 0.657. The number of aryl methyl sites for hydroxylation is 2. The van der Waals surface area contributed by atoms with E-state index in [9.17, 15) is 4.79 Å². The number of carbonyl (C=O) groups excluding carboxylic acids is 1. The van der Waals surface area contributed by atoms with Crippen LogP contribution in [-0.4, -0.2) is 16.1 Å². The maximum Gasteiger partial charge on any atom is 0.153 e. The molecular formula is C16H13ClN2OS. The first kappa shape index (κ1) is 14.0. The maximum absolute atomic E-state index is 11.3. The summed E-state index contributed by atoms with van der Waals surface area (Å²) in [5.74, 6) is 0. The van der Waals surface area contributed by atoms with Gasteiger partial charge in [-0.15, -0.1) is 11.3 Å². The van der Waals surface area contributed by atoms with E-state index in [1.165, 1.54) is 11.3 Å². The molecule has 0 spiro atoms. The zero-order valence-corrected chi connectivity index (χ0v) is 13.2. The van der Waals surface area contributed by atoms with E-state index in [0.29, 0.717) is 15.6 Å². The van der Waals surface area contributed by atoms with E-state index in [2.05, 4.69) is 11.2 Å². The third kappa shape index (κ3) is 2.77. The van der Waals surface area contributed by atoms with Crippen LogP contribution in [0.15, 0.2) is 35.8 Å². The van der Waals surface area contributed by atoms with E-state index >= 15 is 0 Å². The Hall–Kier alpha value is -1.91. The summed E-state index contributed by atoms with van der Waals surface area (Å²) in [6, 6.07) is 8.01. The van der Waals surface area contributed by atoms with Crippen LogP contribution in [0, 0.1) is 13.8 Å². The first-order valence-corrected chi connectivity index (χ1v) is 7.70. The van der Waals surface area contributed by atoms with Crippen LogP contribution in [0.5, 0.6) is 0 Å². The third-order valence-corrected chi connectivity index (χ3v) is 4.27. The largest absolute Gasteiger partial charge is 0.298 e. The van der Waals surface area contributed by atoms with E-state index in [1.54, 1.807) is 10.9 Å². The molecule has 0 aliphatic heterocycles. The zero-order valence-electron chi connectivity index (χ0n) is 11.6. The summed E-state index contributed by atoms with van der Waals surface area (Å²) in [6.07, 6.45) is 2.58. The van der Waals surface area contributed by atoms with E-state index < -0.39 is 0 Å². The molecule has 0 N–H and O–H groups in total. The second kappa shape index (κ2) is 5.47. The van der Waals surface area contributed by atoms with Crippen molar-refractivity contribution in [2.45, 2.75) is 13.8 Å². The molecule has 2 heterocycles. The predicted molar refractivity (Wildman–Crippen MR) is 86.7 cm³/mol. The van der Waals surface area contributed by atoms with Gasteiger partial charge >= 0.3 is 0 Å². The smallest absolute Gasteiger partial charge is 0.153 e. The van der Waals surface area contributed by atoms with Gasteiger partial charge in [0.25, 0.3) is 0 Å². The van der Waals surface area contributed by atoms with Crippen LogP contribution in [0.4, 0.5) is 0 Å². The lowest BCUT2D eigenvalue weighted by Crippen LogP contribution is -1.96. The highest BCUT2D eigenvalue weighted by Gasteiger charge is 2.13. The van der Waals surface area contributed by atoms with E-state index in [4.69, 9.17) is 11.6 Å². The monoisotopic (exact) mass is 316 g/mol. The number of nitrogens with zero attached hydrogens (tertiary/aromatic N) is 2. The molecule has 5 heteroatoms. The minimum atomic E-state index is 0.559. The number of benzene rings is 1. The van der Waals surface area contributed by atoms with Crippen LogP contribution in [0.3, 0.4) is 0 Å². The predicted octanol–water partition coefficient (Wildman–Crippen LogP) is 4.68. The van der Waals surface area contributed by atoms with Crippen molar-refractivity contribution in [3.05, 3.63) is 56.9 Å². The van der Waals surface area contributed by atoms with E-state index in [-0.39, 0.29) is 0 Å². The standard InChI is InChI=1S/C16H13ClN2OS/c1-10-3-11(2)5-14(4-10)19-7-13(8-20)16(18-19)12-6-15(17)21-9-12/h3-9H,1-2H3. The molecular weight excluding hydrogens is 304 g/mol. The number of hydrogen-bond donors (Lipinski definition) is 0. The number of carbonyl (C=O) groups is 1. The maximum atomic E-state index is 11.3. The Labute approximate surface area is 131 Å². The summed E-state index contributed by atoms with van der Waals surface area (Å²) in [6.45, 7) is 4.08. The molecule has 0 amide bonds. The lowest BCUT2D eigenvalue weighted by atomic mass is 10.1. The van der Waals surface area contributed by atoms with Gasteiger partial charge in [0, 0.05) is 17.1 Å². The minimum absolute atomic E-state index is 0.559. The molecule has 3 rings (SSSR count). The van der Waals surface area contributed by atoms with Crippen molar-refractivity contribution in [1.29, 1.82) is 0 Å². The fourth-order valence-corrected chi connectivity index (χ4v) is 3.21. The van der Waals surface area contributed by atoms with E-state index in [0.717, 1.165) is 28.7 Å². The van der Waals surface area contributed by atoms with Crippen molar-refractivity contribution in [3.8, 4) is 16.9 Å². The van der Waals surface area contributed by atoms with Gasteiger partial charge in [-0.3, -0.25) is 4.79 Å². The lowest BCUT2D eigenvalue weighted by Gasteiger charge is -2.04. The van der Waals surface area contributed by atoms with Gasteiger partial charge in [0.2, 0.25) is 0 Å². The third-order valence-electron chi connectivity index (χ3n) is 3.18. The molecule has 0 fully saturated rings. The molecule has 106 valence electrons. The van der Waals surface area contributed by atoms with Gasteiger partial charge in [0.1, 0.15) is 5.69 Å².